The van der Waals surface area contributed by atoms with Gasteiger partial charge in [-0.15, -0.1) is 11.3 Å². The Bertz CT molecular complexity index is 887. The van der Waals surface area contributed by atoms with Crippen molar-refractivity contribution in [2.45, 2.75) is 24.6 Å². The molecule has 0 bridgehead atoms. The maximum atomic E-state index is 13.1. The van der Waals surface area contributed by atoms with Crippen molar-refractivity contribution in [2.75, 3.05) is 13.1 Å². The van der Waals surface area contributed by atoms with E-state index >= 15 is 0 Å². The summed E-state index contributed by atoms with van der Waals surface area (Å²) >= 11 is 1.14. The number of rotatable bonds is 8. The summed E-state index contributed by atoms with van der Waals surface area (Å²) in [4.78, 5) is 12.6. The van der Waals surface area contributed by atoms with Crippen LogP contribution in [0, 0.1) is 5.82 Å². The minimum absolute atomic E-state index is 0.227. The van der Waals surface area contributed by atoms with E-state index in [1.54, 1.807) is 38.1 Å². The average molecular weight is 397 g/mol. The molecule has 5 nitrogen and oxygen atoms in total. The van der Waals surface area contributed by atoms with Gasteiger partial charge >= 0.3 is 0 Å². The van der Waals surface area contributed by atoms with E-state index < -0.39 is 10.0 Å². The third kappa shape index (κ3) is 5.23. The Morgan fingerprint density at radius 1 is 1.23 bits per heavy atom. The normalized spacial score (nSPS) is 12.0. The Hall–Kier alpha value is -2.03. The summed E-state index contributed by atoms with van der Waals surface area (Å²) in [5, 5.41) is 2.69. The molecule has 0 radical (unpaired) electrons. The molecule has 1 aromatic carbocycles. The smallest absolute Gasteiger partial charge is 0.252 e. The number of amides is 1. The third-order valence-electron chi connectivity index (χ3n) is 3.65. The van der Waals surface area contributed by atoms with Gasteiger partial charge < -0.3 is 5.32 Å². The van der Waals surface area contributed by atoms with Crippen LogP contribution in [0.1, 0.15) is 24.3 Å². The van der Waals surface area contributed by atoms with Crippen molar-refractivity contribution in [3.05, 3.63) is 58.7 Å². The van der Waals surface area contributed by atoms with Gasteiger partial charge in [0, 0.05) is 24.0 Å². The number of nitrogens with one attached hydrogen (secondary N) is 1. The molecule has 0 saturated heterocycles. The molecule has 0 aliphatic carbocycles. The molecular formula is C18H21FN2O3S2. The monoisotopic (exact) mass is 396 g/mol. The van der Waals surface area contributed by atoms with Crippen LogP contribution in [-0.4, -0.2) is 31.7 Å². The van der Waals surface area contributed by atoms with Crippen molar-refractivity contribution in [3.63, 3.8) is 0 Å². The number of hydrogen-bond acceptors (Lipinski definition) is 4. The van der Waals surface area contributed by atoms with Gasteiger partial charge in [0.25, 0.3) is 10.0 Å². The summed E-state index contributed by atoms with van der Waals surface area (Å²) in [5.74, 6) is -0.705. The largest absolute Gasteiger partial charge is 0.348 e. The molecule has 1 heterocycles. The molecule has 0 spiro atoms. The molecule has 26 heavy (non-hydrogen) atoms. The van der Waals surface area contributed by atoms with Crippen LogP contribution < -0.4 is 5.32 Å². The predicted molar refractivity (Wildman–Crippen MR) is 102 cm³/mol. The molecule has 0 fully saturated rings. The molecule has 2 rings (SSSR count). The average Bonchev–Trinajstić information content (AvgIpc) is 3.09. The molecule has 8 heteroatoms. The van der Waals surface area contributed by atoms with Crippen LogP contribution in [0.15, 0.2) is 46.7 Å². The molecular weight excluding hydrogens is 375 g/mol. The highest BCUT2D eigenvalue weighted by Gasteiger charge is 2.23. The van der Waals surface area contributed by atoms with Crippen molar-refractivity contribution in [2.24, 2.45) is 0 Å². The summed E-state index contributed by atoms with van der Waals surface area (Å²) < 4.78 is 39.6. The SMILES string of the molecule is CCN(CC)S(=O)(=O)c1ccc(CNC(=O)/C=C/c2cccc(F)c2)s1. The van der Waals surface area contributed by atoms with Gasteiger partial charge in [-0.2, -0.15) is 4.31 Å². The van der Waals surface area contributed by atoms with Gasteiger partial charge in [0.1, 0.15) is 10.0 Å². The van der Waals surface area contributed by atoms with Gasteiger partial charge in [0.15, 0.2) is 0 Å². The fourth-order valence-corrected chi connectivity index (χ4v) is 5.21. The van der Waals surface area contributed by atoms with Gasteiger partial charge in [-0.1, -0.05) is 26.0 Å². The Kier molecular flexibility index (Phi) is 7.07. The van der Waals surface area contributed by atoms with E-state index in [9.17, 15) is 17.6 Å². The van der Waals surface area contributed by atoms with E-state index in [1.165, 1.54) is 28.6 Å². The fraction of sp³-hybridized carbons (Fsp3) is 0.278. The molecule has 0 saturated carbocycles. The minimum Gasteiger partial charge on any atom is -0.348 e. The summed E-state index contributed by atoms with van der Waals surface area (Å²) in [5.41, 5.74) is 0.587. The van der Waals surface area contributed by atoms with Crippen LogP contribution in [0.25, 0.3) is 6.08 Å². The van der Waals surface area contributed by atoms with E-state index in [0.29, 0.717) is 18.7 Å². The number of benzene rings is 1. The van der Waals surface area contributed by atoms with Crippen LogP contribution in [0.4, 0.5) is 4.39 Å². The summed E-state index contributed by atoms with van der Waals surface area (Å²) in [6.07, 6.45) is 2.83. The van der Waals surface area contributed by atoms with E-state index in [2.05, 4.69) is 5.32 Å². The fourth-order valence-electron chi connectivity index (χ4n) is 2.30. The molecule has 0 aliphatic heterocycles. The Morgan fingerprint density at radius 3 is 2.62 bits per heavy atom. The highest BCUT2D eigenvalue weighted by Crippen LogP contribution is 2.24. The first kappa shape index (κ1) is 20.3. The first-order valence-corrected chi connectivity index (χ1v) is 10.4. The number of hydrogen-bond donors (Lipinski definition) is 1. The maximum absolute atomic E-state index is 13.1. The minimum atomic E-state index is -3.48. The lowest BCUT2D eigenvalue weighted by molar-refractivity contribution is -0.116. The lowest BCUT2D eigenvalue weighted by Gasteiger charge is -2.16. The standard InChI is InChI=1S/C18H21FN2O3S2/c1-3-21(4-2)26(23,24)18-11-9-16(25-18)13-20-17(22)10-8-14-6-5-7-15(19)12-14/h5-12H,3-4,13H2,1-2H3,(H,20,22)/b10-8+. The Morgan fingerprint density at radius 2 is 1.96 bits per heavy atom. The molecule has 140 valence electrons. The van der Waals surface area contributed by atoms with Crippen LogP contribution in [-0.2, 0) is 21.4 Å². The van der Waals surface area contributed by atoms with E-state index in [-0.39, 0.29) is 22.5 Å². The second kappa shape index (κ2) is 9.07. The summed E-state index contributed by atoms with van der Waals surface area (Å²) in [6, 6.07) is 9.17. The lowest BCUT2D eigenvalue weighted by Crippen LogP contribution is -2.29. The quantitative estimate of drug-likeness (QED) is 0.697. The van der Waals surface area contributed by atoms with E-state index in [0.717, 1.165) is 16.2 Å². The van der Waals surface area contributed by atoms with Crippen molar-refractivity contribution in [3.8, 4) is 0 Å². The second-order valence-corrected chi connectivity index (χ2v) is 8.75. The van der Waals surface area contributed by atoms with Crippen LogP contribution in [0.3, 0.4) is 0 Å². The maximum Gasteiger partial charge on any atom is 0.252 e. The summed E-state index contributed by atoms with van der Waals surface area (Å²) in [6.45, 7) is 4.63. The topological polar surface area (TPSA) is 66.5 Å². The first-order valence-electron chi connectivity index (χ1n) is 8.17. The van der Waals surface area contributed by atoms with Crippen molar-refractivity contribution >= 4 is 33.3 Å². The number of sulfonamides is 1. The van der Waals surface area contributed by atoms with Crippen LogP contribution in [0.2, 0.25) is 0 Å². The van der Waals surface area contributed by atoms with Gasteiger partial charge in [0.05, 0.1) is 6.54 Å². The second-order valence-electron chi connectivity index (χ2n) is 5.42. The van der Waals surface area contributed by atoms with Gasteiger partial charge in [-0.25, -0.2) is 12.8 Å². The predicted octanol–water partition coefficient (Wildman–Crippen LogP) is 3.25. The highest BCUT2D eigenvalue weighted by molar-refractivity contribution is 7.91. The molecule has 1 aromatic heterocycles. The van der Waals surface area contributed by atoms with E-state index in [4.69, 9.17) is 0 Å². The van der Waals surface area contributed by atoms with Gasteiger partial charge in [-0.05, 0) is 35.9 Å². The zero-order valence-corrected chi connectivity index (χ0v) is 16.2. The number of thiophene rings is 1. The van der Waals surface area contributed by atoms with Crippen molar-refractivity contribution in [1.82, 2.24) is 9.62 Å². The Labute approximate surface area is 157 Å². The zero-order chi connectivity index (χ0) is 19.2. The third-order valence-corrected chi connectivity index (χ3v) is 7.25. The number of carbonyl (C=O) groups is 1. The van der Waals surface area contributed by atoms with E-state index in [1.807, 2.05) is 0 Å². The van der Waals surface area contributed by atoms with Crippen LogP contribution in [0.5, 0.6) is 0 Å². The van der Waals surface area contributed by atoms with Crippen molar-refractivity contribution < 1.29 is 17.6 Å². The Balaban J connectivity index is 1.96. The number of carbonyl (C=O) groups excluding carboxylic acids is 1. The summed E-state index contributed by atoms with van der Waals surface area (Å²) in [7, 11) is -3.48. The molecule has 0 unspecified atom stereocenters. The van der Waals surface area contributed by atoms with Crippen molar-refractivity contribution in [1.29, 1.82) is 0 Å². The molecule has 1 N–H and O–H groups in total. The molecule has 0 atom stereocenters. The molecule has 2 aromatic rings. The first-order chi connectivity index (χ1) is 12.4. The zero-order valence-electron chi connectivity index (χ0n) is 14.6. The van der Waals surface area contributed by atoms with Gasteiger partial charge in [0.2, 0.25) is 5.91 Å². The highest BCUT2D eigenvalue weighted by atomic mass is 32.2. The lowest BCUT2D eigenvalue weighted by atomic mass is 10.2. The molecule has 0 aliphatic rings. The molecule has 1 amide bonds. The number of halogens is 1. The van der Waals surface area contributed by atoms with Crippen LogP contribution >= 0.6 is 11.3 Å². The number of nitrogens with zero attached hydrogens (tertiary/aromatic N) is 1. The van der Waals surface area contributed by atoms with Gasteiger partial charge in [-0.3, -0.25) is 4.79 Å².